The Morgan fingerprint density at radius 1 is 1.58 bits per heavy atom. The van der Waals surface area contributed by atoms with Crippen molar-refractivity contribution in [2.75, 3.05) is 19.8 Å². The van der Waals surface area contributed by atoms with Gasteiger partial charge in [0.05, 0.1) is 6.61 Å². The minimum Gasteiger partial charge on any atom is -0.381 e. The summed E-state index contributed by atoms with van der Waals surface area (Å²) in [6.07, 6.45) is 1.08. The van der Waals surface area contributed by atoms with Crippen molar-refractivity contribution in [3.63, 3.8) is 0 Å². The molecule has 1 amide bonds. The number of carbonyl (C=O) groups excluding carboxylic acids is 1. The van der Waals surface area contributed by atoms with Gasteiger partial charge in [-0.05, 0) is 6.42 Å². The standard InChI is InChI=1S/C7H13NO2.C2H6/c1-6(9)8-4-7-2-3-10-5-7;1-2/h7H,2-5H2,1H3,(H,8,9);1-2H3. The predicted octanol–water partition coefficient (Wildman–Crippen LogP) is 1.19. The summed E-state index contributed by atoms with van der Waals surface area (Å²) < 4.78 is 5.14. The second-order valence-corrected chi connectivity index (χ2v) is 2.67. The molecule has 1 aliphatic heterocycles. The first-order valence-electron chi connectivity index (χ1n) is 4.61. The van der Waals surface area contributed by atoms with Gasteiger partial charge in [0.2, 0.25) is 5.91 Å². The first kappa shape index (κ1) is 11.4. The van der Waals surface area contributed by atoms with Crippen LogP contribution in [-0.4, -0.2) is 25.7 Å². The topological polar surface area (TPSA) is 38.3 Å². The second kappa shape index (κ2) is 7.10. The summed E-state index contributed by atoms with van der Waals surface area (Å²) >= 11 is 0. The Balaban J connectivity index is 0.000000561. The Labute approximate surface area is 74.5 Å². The zero-order valence-corrected chi connectivity index (χ0v) is 8.22. The van der Waals surface area contributed by atoms with Crippen molar-refractivity contribution in [3.05, 3.63) is 0 Å². The highest BCUT2D eigenvalue weighted by Gasteiger charge is 2.14. The number of nitrogens with one attached hydrogen (secondary N) is 1. The van der Waals surface area contributed by atoms with E-state index in [0.717, 1.165) is 26.2 Å². The quantitative estimate of drug-likeness (QED) is 0.681. The van der Waals surface area contributed by atoms with E-state index in [1.165, 1.54) is 6.92 Å². The molecule has 72 valence electrons. The number of hydrogen-bond acceptors (Lipinski definition) is 2. The van der Waals surface area contributed by atoms with Crippen molar-refractivity contribution in [2.45, 2.75) is 27.2 Å². The van der Waals surface area contributed by atoms with E-state index in [2.05, 4.69) is 5.32 Å². The maximum atomic E-state index is 10.4. The average molecular weight is 173 g/mol. The fourth-order valence-electron chi connectivity index (χ4n) is 1.03. The molecule has 1 saturated heterocycles. The molecule has 3 nitrogen and oxygen atoms in total. The van der Waals surface area contributed by atoms with Gasteiger partial charge in [0.15, 0.2) is 0 Å². The first-order valence-corrected chi connectivity index (χ1v) is 4.61. The minimum atomic E-state index is 0.0481. The van der Waals surface area contributed by atoms with Crippen LogP contribution in [0.3, 0.4) is 0 Å². The summed E-state index contributed by atoms with van der Waals surface area (Å²) in [6, 6.07) is 0. The molecule has 0 bridgehead atoms. The van der Waals surface area contributed by atoms with Crippen LogP contribution in [0.15, 0.2) is 0 Å². The molecule has 0 aliphatic carbocycles. The molecule has 0 spiro atoms. The van der Waals surface area contributed by atoms with E-state index in [4.69, 9.17) is 4.74 Å². The van der Waals surface area contributed by atoms with Crippen LogP contribution in [0.2, 0.25) is 0 Å². The predicted molar refractivity (Wildman–Crippen MR) is 49.0 cm³/mol. The number of rotatable bonds is 2. The van der Waals surface area contributed by atoms with Crippen LogP contribution in [0, 0.1) is 5.92 Å². The molecule has 1 aliphatic rings. The molecule has 12 heavy (non-hydrogen) atoms. The summed E-state index contributed by atoms with van der Waals surface area (Å²) in [5.74, 6) is 0.593. The van der Waals surface area contributed by atoms with E-state index in [9.17, 15) is 4.79 Å². The van der Waals surface area contributed by atoms with Gasteiger partial charge in [-0.25, -0.2) is 0 Å². The van der Waals surface area contributed by atoms with Gasteiger partial charge in [-0.1, -0.05) is 13.8 Å². The molecule has 1 heterocycles. The van der Waals surface area contributed by atoms with Gasteiger partial charge in [0.1, 0.15) is 0 Å². The van der Waals surface area contributed by atoms with Crippen LogP contribution in [0.4, 0.5) is 0 Å². The third-order valence-electron chi connectivity index (χ3n) is 1.66. The van der Waals surface area contributed by atoms with E-state index >= 15 is 0 Å². The van der Waals surface area contributed by atoms with Crippen molar-refractivity contribution < 1.29 is 9.53 Å². The largest absolute Gasteiger partial charge is 0.381 e. The second-order valence-electron chi connectivity index (χ2n) is 2.67. The lowest BCUT2D eigenvalue weighted by atomic mass is 10.1. The van der Waals surface area contributed by atoms with E-state index < -0.39 is 0 Å². The van der Waals surface area contributed by atoms with Crippen molar-refractivity contribution in [3.8, 4) is 0 Å². The van der Waals surface area contributed by atoms with Crippen molar-refractivity contribution in [2.24, 2.45) is 5.92 Å². The minimum absolute atomic E-state index is 0.0481. The van der Waals surface area contributed by atoms with Gasteiger partial charge in [0, 0.05) is 26.0 Å². The van der Waals surface area contributed by atoms with Crippen molar-refractivity contribution >= 4 is 5.91 Å². The van der Waals surface area contributed by atoms with Gasteiger partial charge in [-0.2, -0.15) is 0 Å². The summed E-state index contributed by atoms with van der Waals surface area (Å²) in [5.41, 5.74) is 0. The molecule has 0 radical (unpaired) electrons. The fraction of sp³-hybridized carbons (Fsp3) is 0.889. The molecule has 1 atom stereocenters. The Morgan fingerprint density at radius 2 is 2.25 bits per heavy atom. The van der Waals surface area contributed by atoms with Gasteiger partial charge < -0.3 is 10.1 Å². The molecule has 0 saturated carbocycles. The maximum absolute atomic E-state index is 10.4. The summed E-state index contributed by atoms with van der Waals surface area (Å²) in [7, 11) is 0. The summed E-state index contributed by atoms with van der Waals surface area (Å²) in [6.45, 7) is 7.97. The Kier molecular flexibility index (Phi) is 6.76. The van der Waals surface area contributed by atoms with Crippen LogP contribution in [-0.2, 0) is 9.53 Å². The lowest BCUT2D eigenvalue weighted by Gasteiger charge is -2.06. The van der Waals surface area contributed by atoms with E-state index in [0.29, 0.717) is 5.92 Å². The summed E-state index contributed by atoms with van der Waals surface area (Å²) in [5, 5.41) is 2.77. The molecule has 3 heteroatoms. The molecule has 1 rings (SSSR count). The highest BCUT2D eigenvalue weighted by atomic mass is 16.5. The van der Waals surface area contributed by atoms with Crippen molar-refractivity contribution in [1.29, 1.82) is 0 Å². The number of hydrogen-bond donors (Lipinski definition) is 1. The zero-order valence-electron chi connectivity index (χ0n) is 8.22. The third kappa shape index (κ3) is 5.13. The molecular weight excluding hydrogens is 154 g/mol. The Bertz CT molecular complexity index is 120. The normalized spacial score (nSPS) is 21.1. The SMILES string of the molecule is CC.CC(=O)NCC1CCOC1. The molecular formula is C9H19NO2. The number of carbonyl (C=O) groups is 1. The molecule has 0 aromatic heterocycles. The fourth-order valence-corrected chi connectivity index (χ4v) is 1.03. The van der Waals surface area contributed by atoms with Crippen LogP contribution in [0.1, 0.15) is 27.2 Å². The van der Waals surface area contributed by atoms with Gasteiger partial charge in [-0.15, -0.1) is 0 Å². The smallest absolute Gasteiger partial charge is 0.216 e. The zero-order chi connectivity index (χ0) is 9.40. The van der Waals surface area contributed by atoms with Gasteiger partial charge in [-0.3, -0.25) is 4.79 Å². The number of amides is 1. The lowest BCUT2D eigenvalue weighted by molar-refractivity contribution is -0.119. The van der Waals surface area contributed by atoms with E-state index in [-0.39, 0.29) is 5.91 Å². The van der Waals surface area contributed by atoms with Gasteiger partial charge in [0.25, 0.3) is 0 Å². The highest BCUT2D eigenvalue weighted by molar-refractivity contribution is 5.72. The average Bonchev–Trinajstić information content (AvgIpc) is 2.56. The highest BCUT2D eigenvalue weighted by Crippen LogP contribution is 2.10. The van der Waals surface area contributed by atoms with E-state index in [1.807, 2.05) is 13.8 Å². The molecule has 1 unspecified atom stereocenters. The van der Waals surface area contributed by atoms with Crippen LogP contribution >= 0.6 is 0 Å². The summed E-state index contributed by atoms with van der Waals surface area (Å²) in [4.78, 5) is 10.4. The Hall–Kier alpha value is -0.570. The monoisotopic (exact) mass is 173 g/mol. The first-order chi connectivity index (χ1) is 5.79. The number of ether oxygens (including phenoxy) is 1. The molecule has 1 fully saturated rings. The van der Waals surface area contributed by atoms with E-state index in [1.54, 1.807) is 0 Å². The molecule has 1 N–H and O–H groups in total. The lowest BCUT2D eigenvalue weighted by Crippen LogP contribution is -2.26. The van der Waals surface area contributed by atoms with Crippen LogP contribution in [0.5, 0.6) is 0 Å². The molecule has 0 aromatic carbocycles. The van der Waals surface area contributed by atoms with Crippen molar-refractivity contribution in [1.82, 2.24) is 5.32 Å². The maximum Gasteiger partial charge on any atom is 0.216 e. The molecule has 0 aromatic rings. The third-order valence-corrected chi connectivity index (χ3v) is 1.66. The van der Waals surface area contributed by atoms with Crippen LogP contribution < -0.4 is 5.32 Å². The Morgan fingerprint density at radius 3 is 2.67 bits per heavy atom. The van der Waals surface area contributed by atoms with Crippen LogP contribution in [0.25, 0.3) is 0 Å². The van der Waals surface area contributed by atoms with Gasteiger partial charge >= 0.3 is 0 Å².